The van der Waals surface area contributed by atoms with Crippen molar-refractivity contribution in [1.29, 1.82) is 0 Å². The SMILES string of the molecule is O=C(Nc1cccc(CF)c1)Nc1ncc(CCNc2ncnc3cc(-c4cn(CCN5CCOCC5)cn4)sc23)s1. The summed E-state index contributed by atoms with van der Waals surface area (Å²) in [5.41, 5.74) is 2.83. The molecule has 1 saturated heterocycles. The summed E-state index contributed by atoms with van der Waals surface area (Å²) in [5, 5.41) is 9.35. The molecule has 218 valence electrons. The van der Waals surface area contributed by atoms with E-state index in [0.717, 1.165) is 70.9 Å². The molecule has 4 aromatic heterocycles. The van der Waals surface area contributed by atoms with Crippen LogP contribution in [0.15, 0.2) is 55.4 Å². The molecule has 3 N–H and O–H groups in total. The summed E-state index contributed by atoms with van der Waals surface area (Å²) in [7, 11) is 0. The molecule has 2 amide bonds. The highest BCUT2D eigenvalue weighted by Crippen LogP contribution is 2.35. The lowest BCUT2D eigenvalue weighted by Crippen LogP contribution is -2.38. The average molecular weight is 608 g/mol. The second kappa shape index (κ2) is 13.3. The number of hydrogen-bond donors (Lipinski definition) is 3. The van der Waals surface area contributed by atoms with E-state index in [9.17, 15) is 9.18 Å². The predicted molar refractivity (Wildman–Crippen MR) is 164 cm³/mol. The van der Waals surface area contributed by atoms with Gasteiger partial charge >= 0.3 is 6.03 Å². The van der Waals surface area contributed by atoms with Crippen LogP contribution < -0.4 is 16.0 Å². The van der Waals surface area contributed by atoms with E-state index < -0.39 is 12.7 Å². The third-order valence-corrected chi connectivity index (χ3v) is 8.88. The summed E-state index contributed by atoms with van der Waals surface area (Å²) in [5.74, 6) is 0.778. The van der Waals surface area contributed by atoms with Crippen LogP contribution in [0.4, 0.5) is 25.8 Å². The van der Waals surface area contributed by atoms with Crippen LogP contribution in [-0.4, -0.2) is 74.8 Å². The molecular formula is C28H30FN9O2S2. The van der Waals surface area contributed by atoms with Gasteiger partial charge in [-0.05, 0) is 23.8 Å². The van der Waals surface area contributed by atoms with Gasteiger partial charge in [-0.2, -0.15) is 0 Å². The van der Waals surface area contributed by atoms with Crippen LogP contribution in [0, 0.1) is 0 Å². The number of rotatable bonds is 11. The van der Waals surface area contributed by atoms with Gasteiger partial charge in [0.15, 0.2) is 5.13 Å². The van der Waals surface area contributed by atoms with Gasteiger partial charge in [0.1, 0.15) is 18.8 Å². The Morgan fingerprint density at radius 3 is 2.83 bits per heavy atom. The van der Waals surface area contributed by atoms with Crippen molar-refractivity contribution in [3.05, 3.63) is 65.8 Å². The molecule has 14 heteroatoms. The quantitative estimate of drug-likeness (QED) is 0.189. The Morgan fingerprint density at radius 2 is 1.95 bits per heavy atom. The number of fused-ring (bicyclic) bond motifs is 1. The van der Waals surface area contributed by atoms with Gasteiger partial charge in [0.25, 0.3) is 0 Å². The van der Waals surface area contributed by atoms with E-state index >= 15 is 0 Å². The number of carbonyl (C=O) groups excluding carboxylic acids is 1. The highest BCUT2D eigenvalue weighted by atomic mass is 32.1. The number of carbonyl (C=O) groups is 1. The fraction of sp³-hybridized carbons (Fsp3) is 0.321. The van der Waals surface area contributed by atoms with Gasteiger partial charge in [0.2, 0.25) is 0 Å². The Hall–Kier alpha value is -3.98. The number of benzene rings is 1. The number of halogens is 1. The molecule has 0 aliphatic carbocycles. The summed E-state index contributed by atoms with van der Waals surface area (Å²) in [6.07, 6.45) is 7.99. The van der Waals surface area contributed by atoms with Gasteiger partial charge in [-0.3, -0.25) is 10.2 Å². The Kier molecular flexibility index (Phi) is 8.94. The summed E-state index contributed by atoms with van der Waals surface area (Å²) < 4.78 is 21.4. The maximum atomic E-state index is 12.9. The average Bonchev–Trinajstić information content (AvgIpc) is 3.77. The van der Waals surface area contributed by atoms with Crippen LogP contribution in [0.3, 0.4) is 0 Å². The lowest BCUT2D eigenvalue weighted by molar-refractivity contribution is 0.0364. The first-order valence-corrected chi connectivity index (χ1v) is 15.2. The second-order valence-electron chi connectivity index (χ2n) is 9.72. The van der Waals surface area contributed by atoms with Crippen molar-refractivity contribution in [3.63, 3.8) is 0 Å². The molecule has 5 aromatic rings. The van der Waals surface area contributed by atoms with E-state index in [4.69, 9.17) is 4.74 Å². The summed E-state index contributed by atoms with van der Waals surface area (Å²) in [6.45, 7) is 5.47. The number of morpholine rings is 1. The van der Waals surface area contributed by atoms with E-state index in [2.05, 4.69) is 57.6 Å². The van der Waals surface area contributed by atoms with E-state index in [1.165, 1.54) is 11.3 Å². The second-order valence-corrected chi connectivity index (χ2v) is 11.9. The zero-order valence-corrected chi connectivity index (χ0v) is 24.4. The number of anilines is 3. The van der Waals surface area contributed by atoms with E-state index in [1.54, 1.807) is 48.1 Å². The number of ether oxygens (including phenoxy) is 1. The maximum Gasteiger partial charge on any atom is 0.325 e. The number of nitrogens with zero attached hydrogens (tertiary/aromatic N) is 6. The van der Waals surface area contributed by atoms with Gasteiger partial charge in [-0.25, -0.2) is 29.1 Å². The molecule has 6 rings (SSSR count). The number of urea groups is 1. The van der Waals surface area contributed by atoms with Crippen molar-refractivity contribution in [2.45, 2.75) is 19.6 Å². The first-order chi connectivity index (χ1) is 20.6. The maximum absolute atomic E-state index is 12.9. The number of thiazole rings is 1. The zero-order valence-electron chi connectivity index (χ0n) is 22.8. The molecule has 0 atom stereocenters. The van der Waals surface area contributed by atoms with Crippen molar-refractivity contribution in [1.82, 2.24) is 29.4 Å². The van der Waals surface area contributed by atoms with Crippen LogP contribution in [-0.2, 0) is 24.4 Å². The molecular weight excluding hydrogens is 578 g/mol. The molecule has 42 heavy (non-hydrogen) atoms. The summed E-state index contributed by atoms with van der Waals surface area (Å²) in [6, 6.07) is 8.30. The van der Waals surface area contributed by atoms with Crippen molar-refractivity contribution in [3.8, 4) is 10.6 Å². The largest absolute Gasteiger partial charge is 0.379 e. The molecule has 1 aliphatic heterocycles. The summed E-state index contributed by atoms with van der Waals surface area (Å²) >= 11 is 3.02. The number of aromatic nitrogens is 5. The van der Waals surface area contributed by atoms with E-state index in [0.29, 0.717) is 29.3 Å². The first-order valence-electron chi connectivity index (χ1n) is 13.6. The van der Waals surface area contributed by atoms with Gasteiger partial charge < -0.3 is 19.9 Å². The van der Waals surface area contributed by atoms with Crippen molar-refractivity contribution in [2.75, 3.05) is 55.3 Å². The van der Waals surface area contributed by atoms with Gasteiger partial charge in [0, 0.05) is 62.1 Å². The number of alkyl halides is 1. The molecule has 1 aliphatic rings. The molecule has 11 nitrogen and oxygen atoms in total. The van der Waals surface area contributed by atoms with Crippen LogP contribution in [0.25, 0.3) is 20.8 Å². The van der Waals surface area contributed by atoms with Gasteiger partial charge in [-0.1, -0.05) is 12.1 Å². The van der Waals surface area contributed by atoms with Crippen molar-refractivity contribution < 1.29 is 13.9 Å². The topological polar surface area (TPSA) is 122 Å². The smallest absolute Gasteiger partial charge is 0.325 e. The van der Waals surface area contributed by atoms with Crippen LogP contribution in [0.5, 0.6) is 0 Å². The minimum atomic E-state index is -0.587. The first kappa shape index (κ1) is 28.2. The van der Waals surface area contributed by atoms with Gasteiger partial charge in [-0.15, -0.1) is 22.7 Å². The number of hydrogen-bond acceptors (Lipinski definition) is 10. The molecule has 0 radical (unpaired) electrons. The van der Waals surface area contributed by atoms with Crippen LogP contribution in [0.2, 0.25) is 0 Å². The minimum absolute atomic E-state index is 0.427. The third-order valence-electron chi connectivity index (χ3n) is 6.75. The number of amides is 2. The van der Waals surface area contributed by atoms with Crippen LogP contribution >= 0.6 is 22.7 Å². The Labute approximate surface area is 249 Å². The highest BCUT2D eigenvalue weighted by molar-refractivity contribution is 7.22. The molecule has 0 spiro atoms. The van der Waals surface area contributed by atoms with Gasteiger partial charge in [0.05, 0.1) is 40.3 Å². The Bertz CT molecular complexity index is 1650. The molecule has 5 heterocycles. The highest BCUT2D eigenvalue weighted by Gasteiger charge is 2.14. The van der Waals surface area contributed by atoms with E-state index in [1.807, 2.05) is 6.33 Å². The molecule has 0 unspecified atom stereocenters. The molecule has 1 fully saturated rings. The number of imidazole rings is 1. The Morgan fingerprint density at radius 1 is 1.05 bits per heavy atom. The molecule has 0 bridgehead atoms. The number of nitrogens with one attached hydrogen (secondary N) is 3. The lowest BCUT2D eigenvalue weighted by atomic mass is 10.2. The molecule has 1 aromatic carbocycles. The third kappa shape index (κ3) is 7.07. The fourth-order valence-corrected chi connectivity index (χ4v) is 6.42. The monoisotopic (exact) mass is 607 g/mol. The lowest BCUT2D eigenvalue weighted by Gasteiger charge is -2.26. The van der Waals surface area contributed by atoms with E-state index in [-0.39, 0.29) is 0 Å². The standard InChI is InChI=1S/C28H30FN9O2S2/c29-14-19-2-1-3-20(12-19)35-27(39)36-28-31-15-21(41-28)4-5-30-26-25-22(32-17-33-26)13-24(42-25)23-16-38(18-34-23)7-6-37-8-10-40-11-9-37/h1-3,12-13,15-18H,4-11,14H2,(H,30,32,33)(H2,31,35,36,39). The van der Waals surface area contributed by atoms with Crippen LogP contribution in [0.1, 0.15) is 10.4 Å². The zero-order chi connectivity index (χ0) is 28.7. The predicted octanol–water partition coefficient (Wildman–Crippen LogP) is 5.11. The minimum Gasteiger partial charge on any atom is -0.379 e. The fourth-order valence-electron chi connectivity index (χ4n) is 4.57. The number of thiophene rings is 1. The molecule has 0 saturated carbocycles. The van der Waals surface area contributed by atoms with Crippen molar-refractivity contribution in [2.24, 2.45) is 0 Å². The van der Waals surface area contributed by atoms with Crippen molar-refractivity contribution >= 4 is 55.6 Å². The summed E-state index contributed by atoms with van der Waals surface area (Å²) in [4.78, 5) is 34.7. The normalized spacial score (nSPS) is 13.8. The Balaban J connectivity index is 1.02.